The highest BCUT2D eigenvalue weighted by Crippen LogP contribution is 2.13. The van der Waals surface area contributed by atoms with Crippen molar-refractivity contribution >= 4 is 11.6 Å². The third-order valence-electron chi connectivity index (χ3n) is 3.52. The highest BCUT2D eigenvalue weighted by Gasteiger charge is 2.07. The van der Waals surface area contributed by atoms with Gasteiger partial charge in [-0.25, -0.2) is 4.98 Å². The number of rotatable bonds is 7. The first-order chi connectivity index (χ1) is 11.0. The Kier molecular flexibility index (Phi) is 5.79. The largest absolute Gasteiger partial charge is 0.378 e. The van der Waals surface area contributed by atoms with E-state index in [1.54, 1.807) is 0 Å². The summed E-state index contributed by atoms with van der Waals surface area (Å²) in [5.41, 5.74) is 2.04. The Bertz CT molecular complexity index is 629. The van der Waals surface area contributed by atoms with E-state index in [-0.39, 0.29) is 11.9 Å². The summed E-state index contributed by atoms with van der Waals surface area (Å²) >= 11 is 0. The van der Waals surface area contributed by atoms with Crippen molar-refractivity contribution < 1.29 is 4.79 Å². The van der Waals surface area contributed by atoms with E-state index in [4.69, 9.17) is 0 Å². The van der Waals surface area contributed by atoms with Crippen LogP contribution in [0.4, 0.5) is 5.69 Å². The second-order valence-electron chi connectivity index (χ2n) is 6.29. The van der Waals surface area contributed by atoms with Crippen LogP contribution in [0.5, 0.6) is 0 Å². The quantitative estimate of drug-likeness (QED) is 0.825. The molecular weight excluding hydrogens is 288 g/mol. The van der Waals surface area contributed by atoms with E-state index in [1.807, 2.05) is 50.5 Å². The van der Waals surface area contributed by atoms with Crippen LogP contribution in [-0.2, 0) is 17.8 Å². The number of aromatic nitrogens is 2. The number of anilines is 1. The predicted molar refractivity (Wildman–Crippen MR) is 93.4 cm³/mol. The van der Waals surface area contributed by atoms with Crippen molar-refractivity contribution in [2.24, 2.45) is 0 Å². The van der Waals surface area contributed by atoms with Crippen molar-refractivity contribution in [3.05, 3.63) is 48.0 Å². The summed E-state index contributed by atoms with van der Waals surface area (Å²) in [7, 11) is 0. The molecule has 0 atom stereocenters. The molecule has 5 heteroatoms. The van der Waals surface area contributed by atoms with E-state index in [2.05, 4.69) is 34.0 Å². The highest BCUT2D eigenvalue weighted by atomic mass is 16.1. The maximum Gasteiger partial charge on any atom is 0.224 e. The summed E-state index contributed by atoms with van der Waals surface area (Å²) in [6.07, 6.45) is 4.24. The Balaban J connectivity index is 1.90. The molecule has 0 unspecified atom stereocenters. The monoisotopic (exact) mass is 314 g/mol. The van der Waals surface area contributed by atoms with Gasteiger partial charge < -0.3 is 15.2 Å². The molecule has 0 saturated heterocycles. The van der Waals surface area contributed by atoms with E-state index in [0.717, 1.165) is 17.1 Å². The smallest absolute Gasteiger partial charge is 0.224 e. The van der Waals surface area contributed by atoms with E-state index >= 15 is 0 Å². The Labute approximate surface area is 138 Å². The van der Waals surface area contributed by atoms with Crippen LogP contribution in [-0.4, -0.2) is 21.5 Å². The number of amides is 1. The Morgan fingerprint density at radius 2 is 1.87 bits per heavy atom. The fourth-order valence-electron chi connectivity index (χ4n) is 2.43. The molecule has 0 bridgehead atoms. The predicted octanol–water partition coefficient (Wildman–Crippen LogP) is 3.14. The summed E-state index contributed by atoms with van der Waals surface area (Å²) in [6, 6.07) is 8.54. The number of carbonyl (C=O) groups excluding carboxylic acids is 1. The minimum absolute atomic E-state index is 0.0552. The maximum absolute atomic E-state index is 11.8. The molecule has 1 amide bonds. The van der Waals surface area contributed by atoms with Gasteiger partial charge in [0.25, 0.3) is 0 Å². The first-order valence-electron chi connectivity index (χ1n) is 8.09. The number of carbonyl (C=O) groups is 1. The molecule has 0 radical (unpaired) electrons. The fraction of sp³-hybridized carbons (Fsp3) is 0.444. The Hall–Kier alpha value is -2.30. The second kappa shape index (κ2) is 7.81. The molecule has 1 aromatic heterocycles. The zero-order valence-electron chi connectivity index (χ0n) is 14.3. The average Bonchev–Trinajstić information content (AvgIpc) is 2.94. The normalized spacial score (nSPS) is 11.0. The van der Waals surface area contributed by atoms with Crippen molar-refractivity contribution in [1.29, 1.82) is 0 Å². The van der Waals surface area contributed by atoms with Gasteiger partial charge in [0.05, 0.1) is 13.0 Å². The van der Waals surface area contributed by atoms with Crippen molar-refractivity contribution in [2.45, 2.75) is 52.7 Å². The molecule has 0 aliphatic carbocycles. The maximum atomic E-state index is 11.8. The summed E-state index contributed by atoms with van der Waals surface area (Å²) < 4.78 is 2.15. The van der Waals surface area contributed by atoms with Gasteiger partial charge in [-0.1, -0.05) is 12.1 Å². The number of nitrogens with zero attached hydrogens (tertiary/aromatic N) is 2. The minimum atomic E-state index is 0.0552. The van der Waals surface area contributed by atoms with Crippen LogP contribution in [0.15, 0.2) is 36.7 Å². The molecular formula is C18H26N4O. The second-order valence-corrected chi connectivity index (χ2v) is 6.29. The summed E-state index contributed by atoms with van der Waals surface area (Å²) in [5.74, 6) is 1.07. The van der Waals surface area contributed by atoms with Crippen molar-refractivity contribution in [1.82, 2.24) is 14.9 Å². The number of nitrogens with one attached hydrogen (secondary N) is 2. The van der Waals surface area contributed by atoms with Gasteiger partial charge in [0.2, 0.25) is 5.91 Å². The summed E-state index contributed by atoms with van der Waals surface area (Å²) in [4.78, 5) is 16.1. The minimum Gasteiger partial charge on any atom is -0.378 e. The van der Waals surface area contributed by atoms with E-state index in [1.165, 1.54) is 0 Å². The molecule has 124 valence electrons. The number of hydrogen-bond donors (Lipinski definition) is 2. The van der Waals surface area contributed by atoms with E-state index in [9.17, 15) is 4.79 Å². The standard InChI is InChI=1S/C18H26N4O/c1-13(2)21-18(23)11-15-5-7-16(8-6-15)20-12-17-19-9-10-22(17)14(3)4/h5-10,13-14,20H,11-12H2,1-4H3,(H,21,23). The fourth-order valence-corrected chi connectivity index (χ4v) is 2.43. The van der Waals surface area contributed by atoms with Crippen LogP contribution < -0.4 is 10.6 Å². The Morgan fingerprint density at radius 3 is 2.48 bits per heavy atom. The molecule has 0 aliphatic rings. The van der Waals surface area contributed by atoms with Crippen LogP contribution in [0, 0.1) is 0 Å². The molecule has 5 nitrogen and oxygen atoms in total. The average molecular weight is 314 g/mol. The first kappa shape index (κ1) is 17.1. The van der Waals surface area contributed by atoms with Crippen molar-refractivity contribution in [3.63, 3.8) is 0 Å². The molecule has 1 aromatic carbocycles. The summed E-state index contributed by atoms with van der Waals surface area (Å²) in [6.45, 7) is 8.89. The molecule has 2 N–H and O–H groups in total. The lowest BCUT2D eigenvalue weighted by atomic mass is 10.1. The van der Waals surface area contributed by atoms with Gasteiger partial charge >= 0.3 is 0 Å². The van der Waals surface area contributed by atoms with Crippen molar-refractivity contribution in [3.8, 4) is 0 Å². The van der Waals surface area contributed by atoms with Crippen LogP contribution in [0.1, 0.15) is 45.1 Å². The van der Waals surface area contributed by atoms with Gasteiger partial charge in [0, 0.05) is 30.2 Å². The van der Waals surface area contributed by atoms with Gasteiger partial charge in [0.1, 0.15) is 5.82 Å². The van der Waals surface area contributed by atoms with Crippen LogP contribution in [0.25, 0.3) is 0 Å². The number of benzene rings is 1. The third-order valence-corrected chi connectivity index (χ3v) is 3.52. The summed E-state index contributed by atoms with van der Waals surface area (Å²) in [5, 5.41) is 6.27. The lowest BCUT2D eigenvalue weighted by molar-refractivity contribution is -0.120. The van der Waals surface area contributed by atoms with Crippen LogP contribution >= 0.6 is 0 Å². The molecule has 0 fully saturated rings. The van der Waals surface area contributed by atoms with E-state index in [0.29, 0.717) is 19.0 Å². The molecule has 23 heavy (non-hydrogen) atoms. The molecule has 0 saturated carbocycles. The number of hydrogen-bond acceptors (Lipinski definition) is 3. The van der Waals surface area contributed by atoms with E-state index < -0.39 is 0 Å². The van der Waals surface area contributed by atoms with Gasteiger partial charge in [-0.3, -0.25) is 4.79 Å². The van der Waals surface area contributed by atoms with Crippen LogP contribution in [0.3, 0.4) is 0 Å². The molecule has 2 rings (SSSR count). The SMILES string of the molecule is CC(C)NC(=O)Cc1ccc(NCc2nccn2C(C)C)cc1. The van der Waals surface area contributed by atoms with Gasteiger partial charge in [0.15, 0.2) is 0 Å². The number of imidazole rings is 1. The zero-order chi connectivity index (χ0) is 16.8. The molecule has 1 heterocycles. The molecule has 2 aromatic rings. The van der Waals surface area contributed by atoms with Gasteiger partial charge in [-0.05, 0) is 45.4 Å². The topological polar surface area (TPSA) is 59.0 Å². The highest BCUT2D eigenvalue weighted by molar-refractivity contribution is 5.78. The van der Waals surface area contributed by atoms with Crippen LogP contribution in [0.2, 0.25) is 0 Å². The van der Waals surface area contributed by atoms with Gasteiger partial charge in [-0.2, -0.15) is 0 Å². The lowest BCUT2D eigenvalue weighted by Gasteiger charge is -2.13. The zero-order valence-corrected chi connectivity index (χ0v) is 14.3. The van der Waals surface area contributed by atoms with Crippen molar-refractivity contribution in [2.75, 3.05) is 5.32 Å². The lowest BCUT2D eigenvalue weighted by Crippen LogP contribution is -2.31. The molecule has 0 aliphatic heterocycles. The third kappa shape index (κ3) is 5.13. The Morgan fingerprint density at radius 1 is 1.17 bits per heavy atom. The van der Waals surface area contributed by atoms with Gasteiger partial charge in [-0.15, -0.1) is 0 Å². The molecule has 0 spiro atoms. The first-order valence-corrected chi connectivity index (χ1v) is 8.09.